The highest BCUT2D eigenvalue weighted by molar-refractivity contribution is 9.10. The zero-order valence-corrected chi connectivity index (χ0v) is 16.3. The summed E-state index contributed by atoms with van der Waals surface area (Å²) in [5.41, 5.74) is 0.698. The fourth-order valence-corrected chi connectivity index (χ4v) is 3.11. The van der Waals surface area contributed by atoms with Crippen molar-refractivity contribution in [3.05, 3.63) is 91.3 Å². The highest BCUT2D eigenvalue weighted by Gasteiger charge is 2.21. The van der Waals surface area contributed by atoms with Crippen LogP contribution in [0.1, 0.15) is 32.7 Å². The van der Waals surface area contributed by atoms with Crippen LogP contribution in [0.5, 0.6) is 0 Å². The first-order chi connectivity index (χ1) is 13.4. The molecule has 1 heterocycles. The highest BCUT2D eigenvalue weighted by Crippen LogP contribution is 2.18. The van der Waals surface area contributed by atoms with Gasteiger partial charge in [-0.1, -0.05) is 52.3 Å². The molecule has 7 heteroatoms. The molecule has 0 saturated carbocycles. The van der Waals surface area contributed by atoms with E-state index >= 15 is 0 Å². The third kappa shape index (κ3) is 3.92. The third-order valence-corrected chi connectivity index (χ3v) is 4.48. The third-order valence-electron chi connectivity index (χ3n) is 3.98. The van der Waals surface area contributed by atoms with Crippen LogP contribution >= 0.6 is 15.9 Å². The lowest BCUT2D eigenvalue weighted by Gasteiger charge is -2.10. The minimum absolute atomic E-state index is 0.0242. The Morgan fingerprint density at radius 1 is 1.21 bits per heavy atom. The van der Waals surface area contributed by atoms with Crippen LogP contribution in [0, 0.1) is 18.3 Å². The van der Waals surface area contributed by atoms with Gasteiger partial charge in [-0.05, 0) is 42.3 Å². The van der Waals surface area contributed by atoms with Crippen molar-refractivity contribution in [1.82, 2.24) is 9.78 Å². The lowest BCUT2D eigenvalue weighted by atomic mass is 10.1. The standard InChI is InChI=1S/C21H14BrN3O3/c1-13-4-2-7-16(10-13)25-20(26)18(12-23)17(19(24-25)21(27)28)9-8-14-5-3-6-15(22)11-14/h2-11H,1H3,(H,27,28)/b9-8-. The number of rotatable bonds is 4. The number of aromatic carboxylic acids is 1. The van der Waals surface area contributed by atoms with Crippen molar-refractivity contribution in [3.8, 4) is 11.8 Å². The minimum atomic E-state index is -1.33. The minimum Gasteiger partial charge on any atom is -0.476 e. The van der Waals surface area contributed by atoms with Gasteiger partial charge in [-0.25, -0.2) is 4.79 Å². The van der Waals surface area contributed by atoms with E-state index in [2.05, 4.69) is 21.0 Å². The molecule has 6 nitrogen and oxygen atoms in total. The van der Waals surface area contributed by atoms with Crippen LogP contribution in [-0.4, -0.2) is 20.9 Å². The van der Waals surface area contributed by atoms with E-state index in [1.165, 1.54) is 6.08 Å². The van der Waals surface area contributed by atoms with Crippen molar-refractivity contribution in [1.29, 1.82) is 5.26 Å². The average molecular weight is 436 g/mol. The molecule has 0 unspecified atom stereocenters. The van der Waals surface area contributed by atoms with Crippen LogP contribution < -0.4 is 5.56 Å². The van der Waals surface area contributed by atoms with E-state index in [1.54, 1.807) is 24.3 Å². The molecule has 28 heavy (non-hydrogen) atoms. The molecule has 0 bridgehead atoms. The molecule has 0 aliphatic rings. The molecule has 2 aromatic carbocycles. The Bertz CT molecular complexity index is 1210. The number of carboxylic acids is 1. The fourth-order valence-electron chi connectivity index (χ4n) is 2.69. The molecular formula is C21H14BrN3O3. The number of aryl methyl sites for hydroxylation is 1. The maximum Gasteiger partial charge on any atom is 0.357 e. The molecule has 0 saturated heterocycles. The predicted molar refractivity (Wildman–Crippen MR) is 109 cm³/mol. The first-order valence-electron chi connectivity index (χ1n) is 8.22. The van der Waals surface area contributed by atoms with E-state index in [-0.39, 0.29) is 16.8 Å². The van der Waals surface area contributed by atoms with E-state index in [1.807, 2.05) is 43.3 Å². The van der Waals surface area contributed by atoms with Crippen molar-refractivity contribution in [2.75, 3.05) is 0 Å². The lowest BCUT2D eigenvalue weighted by molar-refractivity contribution is 0.0688. The lowest BCUT2D eigenvalue weighted by Crippen LogP contribution is -2.28. The van der Waals surface area contributed by atoms with E-state index in [0.29, 0.717) is 5.69 Å². The van der Waals surface area contributed by atoms with Crippen LogP contribution in [0.15, 0.2) is 57.8 Å². The van der Waals surface area contributed by atoms with Gasteiger partial charge in [-0.15, -0.1) is 0 Å². The summed E-state index contributed by atoms with van der Waals surface area (Å²) in [4.78, 5) is 24.6. The van der Waals surface area contributed by atoms with Crippen molar-refractivity contribution < 1.29 is 9.90 Å². The number of hydrogen-bond donors (Lipinski definition) is 1. The molecule has 3 aromatic rings. The fraction of sp³-hybridized carbons (Fsp3) is 0.0476. The van der Waals surface area contributed by atoms with Crippen LogP contribution in [0.3, 0.4) is 0 Å². The molecule has 0 aliphatic carbocycles. The van der Waals surface area contributed by atoms with Gasteiger partial charge in [-0.3, -0.25) is 4.79 Å². The van der Waals surface area contributed by atoms with Crippen molar-refractivity contribution in [2.24, 2.45) is 0 Å². The summed E-state index contributed by atoms with van der Waals surface area (Å²) >= 11 is 3.36. The SMILES string of the molecule is Cc1cccc(-n2nc(C(=O)O)c(/C=C\c3cccc(Br)c3)c(C#N)c2=O)c1. The van der Waals surface area contributed by atoms with Gasteiger partial charge in [0.1, 0.15) is 11.6 Å². The second-order valence-electron chi connectivity index (χ2n) is 6.00. The highest BCUT2D eigenvalue weighted by atomic mass is 79.9. The number of benzene rings is 2. The van der Waals surface area contributed by atoms with E-state index in [9.17, 15) is 20.0 Å². The van der Waals surface area contributed by atoms with E-state index in [4.69, 9.17) is 0 Å². The first-order valence-corrected chi connectivity index (χ1v) is 9.01. The maximum atomic E-state index is 12.8. The van der Waals surface area contributed by atoms with Gasteiger partial charge in [0.25, 0.3) is 5.56 Å². The molecule has 1 aromatic heterocycles. The van der Waals surface area contributed by atoms with Gasteiger partial charge in [0.15, 0.2) is 5.69 Å². The normalized spacial score (nSPS) is 10.8. The van der Waals surface area contributed by atoms with Crippen LogP contribution in [0.4, 0.5) is 0 Å². The summed E-state index contributed by atoms with van der Waals surface area (Å²) in [6, 6.07) is 16.0. The Hall–Kier alpha value is -3.50. The van der Waals surface area contributed by atoms with E-state index in [0.717, 1.165) is 20.3 Å². The molecule has 3 rings (SSSR count). The van der Waals surface area contributed by atoms with Crippen LogP contribution in [-0.2, 0) is 0 Å². The van der Waals surface area contributed by atoms with Crippen molar-refractivity contribution in [2.45, 2.75) is 6.92 Å². The number of carbonyl (C=O) groups is 1. The second kappa shape index (κ2) is 8.03. The number of nitrogens with zero attached hydrogens (tertiary/aromatic N) is 3. The maximum absolute atomic E-state index is 12.8. The number of nitriles is 1. The molecule has 0 atom stereocenters. The topological polar surface area (TPSA) is 96.0 Å². The number of carboxylic acid groups (broad SMARTS) is 1. The molecule has 0 fully saturated rings. The van der Waals surface area contributed by atoms with Crippen LogP contribution in [0.2, 0.25) is 0 Å². The Balaban J connectivity index is 2.23. The Morgan fingerprint density at radius 3 is 2.61 bits per heavy atom. The van der Waals surface area contributed by atoms with Gasteiger partial charge in [0, 0.05) is 10.0 Å². The molecule has 0 radical (unpaired) electrons. The van der Waals surface area contributed by atoms with Gasteiger partial charge in [0.2, 0.25) is 0 Å². The zero-order chi connectivity index (χ0) is 20.3. The quantitative estimate of drug-likeness (QED) is 0.666. The largest absolute Gasteiger partial charge is 0.476 e. The van der Waals surface area contributed by atoms with E-state index < -0.39 is 11.5 Å². The first kappa shape index (κ1) is 19.3. The second-order valence-corrected chi connectivity index (χ2v) is 6.91. The molecule has 0 aliphatic heterocycles. The summed E-state index contributed by atoms with van der Waals surface area (Å²) < 4.78 is 1.80. The smallest absolute Gasteiger partial charge is 0.357 e. The molecule has 1 N–H and O–H groups in total. The zero-order valence-electron chi connectivity index (χ0n) is 14.8. The average Bonchev–Trinajstić information content (AvgIpc) is 2.66. The Labute approximate surface area is 169 Å². The van der Waals surface area contributed by atoms with Crippen molar-refractivity contribution >= 4 is 34.1 Å². The summed E-state index contributed by atoms with van der Waals surface area (Å²) in [5, 5.41) is 23.2. The van der Waals surface area contributed by atoms with Gasteiger partial charge < -0.3 is 5.11 Å². The summed E-state index contributed by atoms with van der Waals surface area (Å²) in [6.07, 6.45) is 3.06. The van der Waals surface area contributed by atoms with Gasteiger partial charge in [0.05, 0.1) is 5.69 Å². The summed E-state index contributed by atoms with van der Waals surface area (Å²) in [5.74, 6) is -1.33. The number of aromatic nitrogens is 2. The molecule has 138 valence electrons. The molecular weight excluding hydrogens is 422 g/mol. The molecule has 0 spiro atoms. The van der Waals surface area contributed by atoms with Crippen LogP contribution in [0.25, 0.3) is 17.8 Å². The Morgan fingerprint density at radius 2 is 1.96 bits per heavy atom. The number of hydrogen-bond acceptors (Lipinski definition) is 4. The predicted octanol–water partition coefficient (Wildman–Crippen LogP) is 4.04. The summed E-state index contributed by atoms with van der Waals surface area (Å²) in [6.45, 7) is 1.84. The summed E-state index contributed by atoms with van der Waals surface area (Å²) in [7, 11) is 0. The Kier molecular flexibility index (Phi) is 5.52. The monoisotopic (exact) mass is 435 g/mol. The van der Waals surface area contributed by atoms with Gasteiger partial charge >= 0.3 is 5.97 Å². The molecule has 0 amide bonds. The number of halogens is 1. The van der Waals surface area contributed by atoms with Crippen molar-refractivity contribution in [3.63, 3.8) is 0 Å². The van der Waals surface area contributed by atoms with Gasteiger partial charge in [-0.2, -0.15) is 15.0 Å².